The Labute approximate surface area is 198 Å². The zero-order chi connectivity index (χ0) is 23.7. The van der Waals surface area contributed by atoms with Crippen molar-refractivity contribution >= 4 is 27.7 Å². The molecule has 0 radical (unpaired) electrons. The quantitative estimate of drug-likeness (QED) is 0.545. The summed E-state index contributed by atoms with van der Waals surface area (Å²) in [6, 6.07) is 9.26. The highest BCUT2D eigenvalue weighted by atomic mass is 79.9. The Morgan fingerprint density at radius 1 is 1.39 bits per heavy atom. The summed E-state index contributed by atoms with van der Waals surface area (Å²) in [6.07, 6.45) is 2.42. The number of pyridine rings is 1. The molecular weight excluding hydrogens is 491 g/mol. The number of benzene rings is 1. The van der Waals surface area contributed by atoms with Crippen molar-refractivity contribution in [3.05, 3.63) is 69.3 Å². The summed E-state index contributed by atoms with van der Waals surface area (Å²) in [5.74, 6) is -0.195. The zero-order valence-electron chi connectivity index (χ0n) is 18.1. The maximum atomic E-state index is 14.2. The molecule has 1 amide bonds. The molecule has 8 nitrogen and oxygen atoms in total. The minimum absolute atomic E-state index is 0.192. The number of carbonyl (C=O) groups is 1. The van der Waals surface area contributed by atoms with E-state index in [1.807, 2.05) is 0 Å². The number of aromatic nitrogens is 3. The number of rotatable bonds is 5. The topological polar surface area (TPSA) is 110 Å². The maximum Gasteiger partial charge on any atom is 0.254 e. The van der Waals surface area contributed by atoms with Crippen molar-refractivity contribution < 1.29 is 13.9 Å². The minimum atomic E-state index is -0.667. The first-order valence-corrected chi connectivity index (χ1v) is 11.2. The van der Waals surface area contributed by atoms with E-state index in [1.165, 1.54) is 22.9 Å². The number of nitriles is 1. The molecule has 2 N–H and O–H groups in total. The van der Waals surface area contributed by atoms with Gasteiger partial charge in [0.25, 0.3) is 5.91 Å². The van der Waals surface area contributed by atoms with Gasteiger partial charge in [0.1, 0.15) is 23.7 Å². The normalized spacial score (nSPS) is 16.5. The Morgan fingerprint density at radius 2 is 2.18 bits per heavy atom. The van der Waals surface area contributed by atoms with Crippen molar-refractivity contribution in [1.29, 1.82) is 5.26 Å². The lowest BCUT2D eigenvalue weighted by Crippen LogP contribution is -2.32. The van der Waals surface area contributed by atoms with Crippen molar-refractivity contribution in [1.82, 2.24) is 19.7 Å². The SMILES string of the molecule is C[C@@H](Oc1cc(Br)cnc1N)c1cc(F)ccc1C(=O)N1CCC[C@@H]1c1cc(C#N)n(C)n1. The Kier molecular flexibility index (Phi) is 6.33. The molecule has 1 aromatic carbocycles. The van der Waals surface area contributed by atoms with E-state index in [0.29, 0.717) is 39.3 Å². The van der Waals surface area contributed by atoms with Gasteiger partial charge in [0.05, 0.1) is 11.7 Å². The summed E-state index contributed by atoms with van der Waals surface area (Å²) < 4.78 is 22.3. The molecule has 0 aliphatic carbocycles. The van der Waals surface area contributed by atoms with Gasteiger partial charge in [0, 0.05) is 35.4 Å². The molecule has 0 saturated carbocycles. The van der Waals surface area contributed by atoms with Crippen LogP contribution in [0.1, 0.15) is 59.2 Å². The molecule has 2 atom stereocenters. The second kappa shape index (κ2) is 9.19. The number of nitrogen functional groups attached to an aromatic ring is 1. The van der Waals surface area contributed by atoms with Crippen molar-refractivity contribution in [3.8, 4) is 11.8 Å². The molecule has 170 valence electrons. The van der Waals surface area contributed by atoms with E-state index in [2.05, 4.69) is 32.1 Å². The van der Waals surface area contributed by atoms with Gasteiger partial charge in [0.15, 0.2) is 11.6 Å². The average Bonchev–Trinajstić information content (AvgIpc) is 3.42. The second-order valence-corrected chi connectivity index (χ2v) is 8.79. The van der Waals surface area contributed by atoms with Crippen LogP contribution in [-0.2, 0) is 7.05 Å². The van der Waals surface area contributed by atoms with Gasteiger partial charge in [-0.1, -0.05) is 0 Å². The fourth-order valence-electron chi connectivity index (χ4n) is 4.07. The fourth-order valence-corrected chi connectivity index (χ4v) is 4.38. The Morgan fingerprint density at radius 3 is 2.91 bits per heavy atom. The van der Waals surface area contributed by atoms with Crippen molar-refractivity contribution in [2.24, 2.45) is 7.05 Å². The first-order chi connectivity index (χ1) is 15.8. The first-order valence-electron chi connectivity index (χ1n) is 10.4. The van der Waals surface area contributed by atoms with E-state index in [-0.39, 0.29) is 17.8 Å². The van der Waals surface area contributed by atoms with Crippen molar-refractivity contribution in [2.45, 2.75) is 31.9 Å². The van der Waals surface area contributed by atoms with Crippen LogP contribution in [0.2, 0.25) is 0 Å². The first kappa shape index (κ1) is 22.7. The van der Waals surface area contributed by atoms with E-state index in [0.717, 1.165) is 12.8 Å². The molecule has 1 saturated heterocycles. The fraction of sp³-hybridized carbons (Fsp3) is 0.304. The monoisotopic (exact) mass is 512 g/mol. The molecule has 3 heterocycles. The molecular formula is C23H22BrFN6O2. The Balaban J connectivity index is 1.65. The van der Waals surface area contributed by atoms with E-state index < -0.39 is 11.9 Å². The number of hydrogen-bond acceptors (Lipinski definition) is 6. The van der Waals surface area contributed by atoms with E-state index in [4.69, 9.17) is 10.5 Å². The molecule has 0 bridgehead atoms. The third-order valence-corrected chi connectivity index (χ3v) is 6.14. The summed E-state index contributed by atoms with van der Waals surface area (Å²) in [6.45, 7) is 2.27. The van der Waals surface area contributed by atoms with Gasteiger partial charge >= 0.3 is 0 Å². The zero-order valence-corrected chi connectivity index (χ0v) is 19.7. The summed E-state index contributed by atoms with van der Waals surface area (Å²) in [7, 11) is 1.70. The number of anilines is 1. The number of aryl methyl sites for hydroxylation is 1. The second-order valence-electron chi connectivity index (χ2n) is 7.87. The van der Waals surface area contributed by atoms with Crippen LogP contribution in [0.3, 0.4) is 0 Å². The smallest absolute Gasteiger partial charge is 0.254 e. The number of nitrogens with two attached hydrogens (primary N) is 1. The van der Waals surface area contributed by atoms with Crippen LogP contribution in [-0.4, -0.2) is 32.1 Å². The van der Waals surface area contributed by atoms with Crippen LogP contribution < -0.4 is 10.5 Å². The van der Waals surface area contributed by atoms with Crippen molar-refractivity contribution in [2.75, 3.05) is 12.3 Å². The van der Waals surface area contributed by atoms with Gasteiger partial charge in [-0.2, -0.15) is 10.4 Å². The number of hydrogen-bond donors (Lipinski definition) is 1. The third kappa shape index (κ3) is 4.54. The van der Waals surface area contributed by atoms with E-state index in [1.54, 1.807) is 37.2 Å². The molecule has 10 heteroatoms. The van der Waals surface area contributed by atoms with Gasteiger partial charge in [-0.25, -0.2) is 9.37 Å². The molecule has 1 aliphatic heterocycles. The molecule has 1 aliphatic rings. The number of likely N-dealkylation sites (tertiary alicyclic amines) is 1. The van der Waals surface area contributed by atoms with Crippen LogP contribution in [0.5, 0.6) is 5.75 Å². The minimum Gasteiger partial charge on any atom is -0.482 e. The number of ether oxygens (including phenoxy) is 1. The Hall–Kier alpha value is -3.45. The van der Waals surface area contributed by atoms with E-state index >= 15 is 0 Å². The standard InChI is InChI=1S/C23H22BrFN6O2/c1-13(33-21-8-14(24)12-28-22(21)27)18-9-15(25)5-6-17(18)23(32)31-7-3-4-20(31)19-10-16(11-26)30(2)29-19/h5-6,8-10,12-13,20H,3-4,7H2,1-2H3,(H2,27,28)/t13-,20-/m1/s1. The van der Waals surface area contributed by atoms with E-state index in [9.17, 15) is 14.4 Å². The molecule has 3 aromatic rings. The van der Waals surface area contributed by atoms with Gasteiger partial charge in [-0.15, -0.1) is 0 Å². The summed E-state index contributed by atoms with van der Waals surface area (Å²) >= 11 is 3.33. The average molecular weight is 513 g/mol. The predicted molar refractivity (Wildman–Crippen MR) is 123 cm³/mol. The summed E-state index contributed by atoms with van der Waals surface area (Å²) in [5.41, 5.74) is 7.75. The number of nitrogens with zero attached hydrogens (tertiary/aromatic N) is 5. The van der Waals surface area contributed by atoms with Crippen molar-refractivity contribution in [3.63, 3.8) is 0 Å². The highest BCUT2D eigenvalue weighted by molar-refractivity contribution is 9.10. The summed E-state index contributed by atoms with van der Waals surface area (Å²) in [4.78, 5) is 19.4. The van der Waals surface area contributed by atoms with Gasteiger partial charge < -0.3 is 15.4 Å². The lowest BCUT2D eigenvalue weighted by atomic mass is 10.0. The Bertz CT molecular complexity index is 1250. The van der Waals surface area contributed by atoms with Crippen LogP contribution in [0, 0.1) is 17.1 Å². The number of halogens is 2. The highest BCUT2D eigenvalue weighted by Gasteiger charge is 2.34. The lowest BCUT2D eigenvalue weighted by Gasteiger charge is -2.26. The summed E-state index contributed by atoms with van der Waals surface area (Å²) in [5, 5.41) is 13.7. The molecule has 0 spiro atoms. The third-order valence-electron chi connectivity index (χ3n) is 5.70. The van der Waals surface area contributed by atoms with Crippen LogP contribution >= 0.6 is 15.9 Å². The molecule has 1 fully saturated rings. The van der Waals surface area contributed by atoms with Crippen LogP contribution in [0.15, 0.2) is 41.0 Å². The van der Waals surface area contributed by atoms with Gasteiger partial charge in [-0.3, -0.25) is 9.48 Å². The largest absolute Gasteiger partial charge is 0.482 e. The number of carbonyl (C=O) groups excluding carboxylic acids is 1. The molecule has 0 unspecified atom stereocenters. The van der Waals surface area contributed by atoms with Gasteiger partial charge in [-0.05, 0) is 66.0 Å². The molecule has 33 heavy (non-hydrogen) atoms. The molecule has 2 aromatic heterocycles. The highest BCUT2D eigenvalue weighted by Crippen LogP contribution is 2.35. The van der Waals surface area contributed by atoms with Crippen LogP contribution in [0.25, 0.3) is 0 Å². The van der Waals surface area contributed by atoms with Crippen LogP contribution in [0.4, 0.5) is 10.2 Å². The molecule has 4 rings (SSSR count). The maximum absolute atomic E-state index is 14.2. The lowest BCUT2D eigenvalue weighted by molar-refractivity contribution is 0.0727. The number of amides is 1. The van der Waals surface area contributed by atoms with Gasteiger partial charge in [0.2, 0.25) is 0 Å². The predicted octanol–water partition coefficient (Wildman–Crippen LogP) is 4.29.